The van der Waals surface area contributed by atoms with E-state index in [2.05, 4.69) is 52.0 Å². The van der Waals surface area contributed by atoms with Crippen molar-refractivity contribution in [3.63, 3.8) is 0 Å². The monoisotopic (exact) mass is 282 g/mol. The third-order valence-corrected chi connectivity index (χ3v) is 4.05. The van der Waals surface area contributed by atoms with Crippen molar-refractivity contribution in [3.05, 3.63) is 53.9 Å². The zero-order chi connectivity index (χ0) is 14.7. The average molecular weight is 282 g/mol. The molecule has 0 saturated carbocycles. The number of nitrogens with zero attached hydrogens (tertiary/aromatic N) is 3. The number of piperazine rings is 1. The van der Waals surface area contributed by atoms with Crippen molar-refractivity contribution < 1.29 is 0 Å². The molecule has 0 spiro atoms. The van der Waals surface area contributed by atoms with Crippen LogP contribution in [-0.4, -0.2) is 31.2 Å². The van der Waals surface area contributed by atoms with Crippen molar-refractivity contribution in [2.45, 2.75) is 13.5 Å². The Morgan fingerprint density at radius 1 is 1.05 bits per heavy atom. The Balaban J connectivity index is 1.70. The third kappa shape index (κ3) is 3.00. The lowest BCUT2D eigenvalue weighted by Crippen LogP contribution is -2.47. The maximum atomic E-state index is 5.79. The predicted octanol–water partition coefficient (Wildman–Crippen LogP) is 2.18. The van der Waals surface area contributed by atoms with Crippen LogP contribution >= 0.6 is 0 Å². The van der Waals surface area contributed by atoms with E-state index in [9.17, 15) is 0 Å². The molecule has 110 valence electrons. The number of nitrogens with two attached hydrogens (primary N) is 1. The molecule has 0 atom stereocenters. The summed E-state index contributed by atoms with van der Waals surface area (Å²) in [4.78, 5) is 9.22. The van der Waals surface area contributed by atoms with E-state index in [-0.39, 0.29) is 0 Å². The fourth-order valence-electron chi connectivity index (χ4n) is 2.90. The van der Waals surface area contributed by atoms with Gasteiger partial charge in [-0.15, -0.1) is 0 Å². The second-order valence-corrected chi connectivity index (χ2v) is 5.49. The number of aromatic nitrogens is 1. The van der Waals surface area contributed by atoms with Gasteiger partial charge in [-0.2, -0.15) is 0 Å². The minimum Gasteiger partial charge on any atom is -0.368 e. The summed E-state index contributed by atoms with van der Waals surface area (Å²) in [6.45, 7) is 6.71. The molecule has 1 aromatic carbocycles. The zero-order valence-corrected chi connectivity index (χ0v) is 12.5. The quantitative estimate of drug-likeness (QED) is 0.937. The average Bonchev–Trinajstić information content (AvgIpc) is 2.55. The van der Waals surface area contributed by atoms with E-state index in [1.807, 2.05) is 12.3 Å². The largest absolute Gasteiger partial charge is 0.368 e. The number of pyridine rings is 1. The summed E-state index contributed by atoms with van der Waals surface area (Å²) in [5.41, 5.74) is 10.6. The molecule has 0 radical (unpaired) electrons. The summed E-state index contributed by atoms with van der Waals surface area (Å²) in [6.07, 6.45) is 1.81. The molecule has 1 aliphatic heterocycles. The van der Waals surface area contributed by atoms with Crippen molar-refractivity contribution in [1.82, 2.24) is 4.98 Å². The molecule has 1 saturated heterocycles. The second-order valence-electron chi connectivity index (χ2n) is 5.49. The normalized spacial score (nSPS) is 15.3. The Hall–Kier alpha value is -2.07. The molecule has 2 aromatic rings. The molecule has 2 heterocycles. The van der Waals surface area contributed by atoms with Gasteiger partial charge in [0, 0.05) is 44.6 Å². The number of hydrogen-bond donors (Lipinski definition) is 1. The van der Waals surface area contributed by atoms with Gasteiger partial charge in [-0.25, -0.2) is 0 Å². The van der Waals surface area contributed by atoms with Gasteiger partial charge in [-0.3, -0.25) is 4.98 Å². The van der Waals surface area contributed by atoms with Crippen LogP contribution in [0.4, 0.5) is 11.4 Å². The fourth-order valence-corrected chi connectivity index (χ4v) is 2.90. The molecule has 4 nitrogen and oxygen atoms in total. The van der Waals surface area contributed by atoms with Gasteiger partial charge < -0.3 is 15.5 Å². The van der Waals surface area contributed by atoms with Gasteiger partial charge in [0.25, 0.3) is 0 Å². The lowest BCUT2D eigenvalue weighted by molar-refractivity contribution is 0.649. The molecule has 0 unspecified atom stereocenters. The Kier molecular flexibility index (Phi) is 4.06. The van der Waals surface area contributed by atoms with Crippen LogP contribution in [0.15, 0.2) is 42.6 Å². The summed E-state index contributed by atoms with van der Waals surface area (Å²) in [7, 11) is 0. The van der Waals surface area contributed by atoms with Crippen LogP contribution in [0.5, 0.6) is 0 Å². The van der Waals surface area contributed by atoms with Crippen molar-refractivity contribution in [3.8, 4) is 0 Å². The maximum absolute atomic E-state index is 5.79. The van der Waals surface area contributed by atoms with Gasteiger partial charge in [0.05, 0.1) is 11.4 Å². The summed E-state index contributed by atoms with van der Waals surface area (Å²) in [6, 6.07) is 12.8. The Morgan fingerprint density at radius 2 is 1.81 bits per heavy atom. The highest BCUT2D eigenvalue weighted by Crippen LogP contribution is 2.22. The number of hydrogen-bond acceptors (Lipinski definition) is 4. The molecule has 4 heteroatoms. The van der Waals surface area contributed by atoms with E-state index < -0.39 is 0 Å². The summed E-state index contributed by atoms with van der Waals surface area (Å²) < 4.78 is 0. The zero-order valence-electron chi connectivity index (χ0n) is 12.5. The van der Waals surface area contributed by atoms with Gasteiger partial charge >= 0.3 is 0 Å². The van der Waals surface area contributed by atoms with Crippen LogP contribution in [-0.2, 0) is 6.54 Å². The summed E-state index contributed by atoms with van der Waals surface area (Å²) in [5, 5.41) is 0. The number of aryl methyl sites for hydroxylation is 1. The number of rotatable bonds is 3. The minimum atomic E-state index is 0.494. The van der Waals surface area contributed by atoms with Crippen molar-refractivity contribution in [2.75, 3.05) is 36.0 Å². The van der Waals surface area contributed by atoms with Gasteiger partial charge in [0.2, 0.25) is 0 Å². The van der Waals surface area contributed by atoms with Crippen molar-refractivity contribution in [1.29, 1.82) is 0 Å². The van der Waals surface area contributed by atoms with E-state index in [1.54, 1.807) is 0 Å². The van der Waals surface area contributed by atoms with E-state index >= 15 is 0 Å². The Bertz CT molecular complexity index is 603. The standard InChI is InChI=1S/C17H22N4/c1-14-4-2-5-15(12-14)20-8-10-21(11-9-20)17-6-3-7-19-16(17)13-18/h2-7,12H,8-11,13,18H2,1H3. The molecular weight excluding hydrogens is 260 g/mol. The molecule has 1 aromatic heterocycles. The first-order valence-electron chi connectivity index (χ1n) is 7.48. The second kappa shape index (κ2) is 6.14. The number of anilines is 2. The first kappa shape index (κ1) is 13.9. The molecule has 1 aliphatic rings. The molecule has 0 aliphatic carbocycles. The SMILES string of the molecule is Cc1cccc(N2CCN(c3cccnc3CN)CC2)c1. The molecule has 3 rings (SSSR count). The van der Waals surface area contributed by atoms with Gasteiger partial charge in [-0.1, -0.05) is 12.1 Å². The van der Waals surface area contributed by atoms with E-state index in [0.717, 1.165) is 31.9 Å². The van der Waals surface area contributed by atoms with Gasteiger partial charge in [-0.05, 0) is 36.8 Å². The molecule has 0 amide bonds. The van der Waals surface area contributed by atoms with Crippen LogP contribution in [0.1, 0.15) is 11.3 Å². The van der Waals surface area contributed by atoms with Gasteiger partial charge in [0.15, 0.2) is 0 Å². The highest BCUT2D eigenvalue weighted by molar-refractivity contribution is 5.54. The van der Waals surface area contributed by atoms with E-state index in [4.69, 9.17) is 5.73 Å². The summed E-state index contributed by atoms with van der Waals surface area (Å²) >= 11 is 0. The highest BCUT2D eigenvalue weighted by atomic mass is 15.3. The smallest absolute Gasteiger partial charge is 0.0772 e. The maximum Gasteiger partial charge on any atom is 0.0772 e. The molecule has 0 bridgehead atoms. The molecular formula is C17H22N4. The topological polar surface area (TPSA) is 45.4 Å². The Morgan fingerprint density at radius 3 is 2.52 bits per heavy atom. The predicted molar refractivity (Wildman–Crippen MR) is 87.7 cm³/mol. The fraction of sp³-hybridized carbons (Fsp3) is 0.353. The van der Waals surface area contributed by atoms with Crippen molar-refractivity contribution >= 4 is 11.4 Å². The molecule has 21 heavy (non-hydrogen) atoms. The van der Waals surface area contributed by atoms with E-state index in [1.165, 1.54) is 16.9 Å². The number of benzene rings is 1. The van der Waals surface area contributed by atoms with Crippen molar-refractivity contribution in [2.24, 2.45) is 5.73 Å². The first-order valence-corrected chi connectivity index (χ1v) is 7.48. The van der Waals surface area contributed by atoms with Crippen LogP contribution in [0.3, 0.4) is 0 Å². The Labute approximate surface area is 126 Å². The summed E-state index contributed by atoms with van der Waals surface area (Å²) in [5.74, 6) is 0. The van der Waals surface area contributed by atoms with Crippen LogP contribution in [0, 0.1) is 6.92 Å². The third-order valence-electron chi connectivity index (χ3n) is 4.05. The van der Waals surface area contributed by atoms with E-state index in [0.29, 0.717) is 6.54 Å². The first-order chi connectivity index (χ1) is 10.3. The molecule has 1 fully saturated rings. The van der Waals surface area contributed by atoms with Crippen LogP contribution in [0.2, 0.25) is 0 Å². The minimum absolute atomic E-state index is 0.494. The lowest BCUT2D eigenvalue weighted by atomic mass is 10.1. The molecule has 2 N–H and O–H groups in total. The van der Waals surface area contributed by atoms with Crippen LogP contribution < -0.4 is 15.5 Å². The highest BCUT2D eigenvalue weighted by Gasteiger charge is 2.19. The van der Waals surface area contributed by atoms with Gasteiger partial charge in [0.1, 0.15) is 0 Å². The van der Waals surface area contributed by atoms with Crippen LogP contribution in [0.25, 0.3) is 0 Å². The lowest BCUT2D eigenvalue weighted by Gasteiger charge is -2.38.